The Morgan fingerprint density at radius 1 is 0.583 bits per heavy atom. The van der Waals surface area contributed by atoms with E-state index in [1.807, 2.05) is 0 Å². The van der Waals surface area contributed by atoms with Crippen LogP contribution in [0.2, 0.25) is 0 Å². The SMILES string of the molecule is [CH]1C/C=C/CCCCCCCC1. The first kappa shape index (κ1) is 9.83. The van der Waals surface area contributed by atoms with Crippen molar-refractivity contribution in [3.05, 3.63) is 18.6 Å². The molecule has 1 rings (SSSR count). The lowest BCUT2D eigenvalue weighted by atomic mass is 10.0. The highest BCUT2D eigenvalue weighted by atomic mass is 14.0. The molecule has 0 aliphatic heterocycles. The summed E-state index contributed by atoms with van der Waals surface area (Å²) in [6.07, 6.45) is 19.5. The quantitative estimate of drug-likeness (QED) is 0.470. The number of hydrogen-bond donors (Lipinski definition) is 0. The lowest BCUT2D eigenvalue weighted by Gasteiger charge is -2.02. The molecule has 1 aliphatic carbocycles. The van der Waals surface area contributed by atoms with E-state index >= 15 is 0 Å². The average Bonchev–Trinajstić information content (AvgIpc) is 2.05. The summed E-state index contributed by atoms with van der Waals surface area (Å²) in [4.78, 5) is 0. The van der Waals surface area contributed by atoms with Gasteiger partial charge in [0.1, 0.15) is 0 Å². The van der Waals surface area contributed by atoms with E-state index in [4.69, 9.17) is 0 Å². The lowest BCUT2D eigenvalue weighted by Crippen LogP contribution is -1.83. The van der Waals surface area contributed by atoms with Gasteiger partial charge in [0.05, 0.1) is 0 Å². The van der Waals surface area contributed by atoms with Gasteiger partial charge in [-0.25, -0.2) is 0 Å². The summed E-state index contributed by atoms with van der Waals surface area (Å²) in [7, 11) is 0. The van der Waals surface area contributed by atoms with E-state index in [2.05, 4.69) is 18.6 Å². The second-order valence-corrected chi connectivity index (χ2v) is 3.69. The third-order valence-corrected chi connectivity index (χ3v) is 2.50. The fourth-order valence-corrected chi connectivity index (χ4v) is 1.69. The largest absolute Gasteiger partial charge is 0.0885 e. The molecule has 0 bridgehead atoms. The summed E-state index contributed by atoms with van der Waals surface area (Å²) in [5.41, 5.74) is 0. The number of hydrogen-bond acceptors (Lipinski definition) is 0. The van der Waals surface area contributed by atoms with Gasteiger partial charge in [0.25, 0.3) is 0 Å². The normalized spacial score (nSPS) is 25.3. The van der Waals surface area contributed by atoms with Crippen LogP contribution >= 0.6 is 0 Å². The molecule has 0 N–H and O–H groups in total. The highest BCUT2D eigenvalue weighted by Gasteiger charge is 1.92. The summed E-state index contributed by atoms with van der Waals surface area (Å²) in [5.74, 6) is 0. The van der Waals surface area contributed by atoms with Crippen LogP contribution in [0.1, 0.15) is 57.8 Å². The molecule has 0 fully saturated rings. The van der Waals surface area contributed by atoms with Crippen LogP contribution < -0.4 is 0 Å². The van der Waals surface area contributed by atoms with Crippen molar-refractivity contribution >= 4 is 0 Å². The molecule has 0 aromatic carbocycles. The van der Waals surface area contributed by atoms with Gasteiger partial charge in [0.15, 0.2) is 0 Å². The molecular formula is C12H21. The van der Waals surface area contributed by atoms with E-state index < -0.39 is 0 Å². The van der Waals surface area contributed by atoms with Crippen molar-refractivity contribution in [3.8, 4) is 0 Å². The summed E-state index contributed by atoms with van der Waals surface area (Å²) >= 11 is 0. The molecule has 1 radical (unpaired) electrons. The van der Waals surface area contributed by atoms with Crippen molar-refractivity contribution in [1.82, 2.24) is 0 Å². The maximum Gasteiger partial charge on any atom is -0.0319 e. The van der Waals surface area contributed by atoms with E-state index in [1.54, 1.807) is 0 Å². The van der Waals surface area contributed by atoms with Crippen LogP contribution in [0.25, 0.3) is 0 Å². The predicted octanol–water partition coefficient (Wildman–Crippen LogP) is 4.27. The Bertz CT molecular complexity index is 99.2. The lowest BCUT2D eigenvalue weighted by molar-refractivity contribution is 0.591. The van der Waals surface area contributed by atoms with Gasteiger partial charge in [0, 0.05) is 0 Å². The van der Waals surface area contributed by atoms with Crippen molar-refractivity contribution in [2.75, 3.05) is 0 Å². The fourth-order valence-electron chi connectivity index (χ4n) is 1.69. The first-order valence-corrected chi connectivity index (χ1v) is 5.47. The standard InChI is InChI=1S/C12H21/c1-2-4-6-8-10-12-11-9-7-5-3-1/h1-2,5H,3-4,6-12H2/b2-1+. The second kappa shape index (κ2) is 7.39. The van der Waals surface area contributed by atoms with Crippen molar-refractivity contribution in [1.29, 1.82) is 0 Å². The molecule has 69 valence electrons. The molecule has 0 saturated heterocycles. The van der Waals surface area contributed by atoms with Crippen LogP contribution in [0.4, 0.5) is 0 Å². The zero-order chi connectivity index (χ0) is 8.49. The Morgan fingerprint density at radius 3 is 2.08 bits per heavy atom. The molecule has 0 aromatic heterocycles. The Balaban J connectivity index is 2.10. The molecule has 0 saturated carbocycles. The molecule has 0 heterocycles. The average molecular weight is 165 g/mol. The monoisotopic (exact) mass is 165 g/mol. The van der Waals surface area contributed by atoms with Crippen molar-refractivity contribution in [2.24, 2.45) is 0 Å². The third kappa shape index (κ3) is 5.40. The highest BCUT2D eigenvalue weighted by molar-refractivity contribution is 4.86. The van der Waals surface area contributed by atoms with Crippen LogP contribution in [-0.4, -0.2) is 0 Å². The smallest absolute Gasteiger partial charge is 0.0319 e. The Labute approximate surface area is 77.1 Å². The topological polar surface area (TPSA) is 0 Å². The number of allylic oxidation sites excluding steroid dienone is 2. The molecule has 0 nitrogen and oxygen atoms in total. The van der Waals surface area contributed by atoms with E-state index in [0.717, 1.165) is 0 Å². The first-order valence-electron chi connectivity index (χ1n) is 5.47. The Hall–Kier alpha value is -0.260. The van der Waals surface area contributed by atoms with Crippen LogP contribution in [0.3, 0.4) is 0 Å². The molecule has 0 spiro atoms. The van der Waals surface area contributed by atoms with E-state index in [9.17, 15) is 0 Å². The molecule has 12 heavy (non-hydrogen) atoms. The summed E-state index contributed by atoms with van der Waals surface area (Å²) in [6.45, 7) is 0. The fraction of sp³-hybridized carbons (Fsp3) is 0.750. The second-order valence-electron chi connectivity index (χ2n) is 3.69. The molecule has 0 unspecified atom stereocenters. The van der Waals surface area contributed by atoms with E-state index in [1.165, 1.54) is 57.8 Å². The van der Waals surface area contributed by atoms with Crippen LogP contribution in [0.15, 0.2) is 12.2 Å². The zero-order valence-corrected chi connectivity index (χ0v) is 8.10. The highest BCUT2D eigenvalue weighted by Crippen LogP contribution is 2.12. The molecule has 1 aliphatic rings. The minimum absolute atomic E-state index is 1.19. The van der Waals surface area contributed by atoms with Crippen molar-refractivity contribution in [2.45, 2.75) is 57.8 Å². The third-order valence-electron chi connectivity index (χ3n) is 2.50. The van der Waals surface area contributed by atoms with Gasteiger partial charge < -0.3 is 0 Å². The molecule has 0 aromatic rings. The summed E-state index contributed by atoms with van der Waals surface area (Å²) < 4.78 is 0. The molecule has 0 heteroatoms. The predicted molar refractivity (Wildman–Crippen MR) is 55.0 cm³/mol. The zero-order valence-electron chi connectivity index (χ0n) is 8.10. The first-order chi connectivity index (χ1) is 6.00. The van der Waals surface area contributed by atoms with E-state index in [0.29, 0.717) is 0 Å². The Morgan fingerprint density at radius 2 is 1.25 bits per heavy atom. The van der Waals surface area contributed by atoms with Gasteiger partial charge in [-0.05, 0) is 32.1 Å². The van der Waals surface area contributed by atoms with Gasteiger partial charge in [-0.1, -0.05) is 44.3 Å². The van der Waals surface area contributed by atoms with Crippen LogP contribution in [0, 0.1) is 6.42 Å². The van der Waals surface area contributed by atoms with Crippen LogP contribution in [-0.2, 0) is 0 Å². The molecule has 0 amide bonds. The minimum Gasteiger partial charge on any atom is -0.0885 e. The van der Waals surface area contributed by atoms with Crippen LogP contribution in [0.5, 0.6) is 0 Å². The Kier molecular flexibility index (Phi) is 6.05. The van der Waals surface area contributed by atoms with E-state index in [-0.39, 0.29) is 0 Å². The van der Waals surface area contributed by atoms with Gasteiger partial charge in [-0.2, -0.15) is 0 Å². The van der Waals surface area contributed by atoms with Gasteiger partial charge >= 0.3 is 0 Å². The molecular weight excluding hydrogens is 144 g/mol. The summed E-state index contributed by atoms with van der Waals surface area (Å²) in [5, 5.41) is 0. The summed E-state index contributed by atoms with van der Waals surface area (Å²) in [6, 6.07) is 0. The minimum atomic E-state index is 1.19. The van der Waals surface area contributed by atoms with Crippen molar-refractivity contribution < 1.29 is 0 Å². The van der Waals surface area contributed by atoms with Gasteiger partial charge in [-0.15, -0.1) is 0 Å². The number of rotatable bonds is 0. The maximum absolute atomic E-state index is 2.41. The van der Waals surface area contributed by atoms with Gasteiger partial charge in [0.2, 0.25) is 0 Å². The van der Waals surface area contributed by atoms with Crippen molar-refractivity contribution in [3.63, 3.8) is 0 Å². The van der Waals surface area contributed by atoms with Gasteiger partial charge in [-0.3, -0.25) is 0 Å². The maximum atomic E-state index is 2.41. The molecule has 0 atom stereocenters.